The molecule has 0 unspecified atom stereocenters. The van der Waals surface area contributed by atoms with Crippen molar-refractivity contribution in [1.82, 2.24) is 0 Å². The molecule has 1 aliphatic rings. The van der Waals surface area contributed by atoms with Crippen molar-refractivity contribution in [2.45, 2.75) is 0 Å². The lowest BCUT2D eigenvalue weighted by atomic mass is 10.1. The summed E-state index contributed by atoms with van der Waals surface area (Å²) in [5.41, 5.74) is 6.45. The number of nitrogens with two attached hydrogens (primary N) is 1. The molecule has 0 aromatic heterocycles. The summed E-state index contributed by atoms with van der Waals surface area (Å²) >= 11 is 0. The SMILES string of the molecule is NC(=O)C1=C\C=C/C=C\C=N\N=N/Oc2ccccc2C=C1. The third kappa shape index (κ3) is 4.68. The highest BCUT2D eigenvalue weighted by Gasteiger charge is 2.02. The van der Waals surface area contributed by atoms with E-state index in [0.29, 0.717) is 11.3 Å². The van der Waals surface area contributed by atoms with Crippen LogP contribution in [0.3, 0.4) is 0 Å². The van der Waals surface area contributed by atoms with Crippen molar-refractivity contribution in [3.8, 4) is 5.75 Å². The average Bonchev–Trinajstić information content (AvgIpc) is 2.52. The van der Waals surface area contributed by atoms with Gasteiger partial charge in [-0.25, -0.2) is 0 Å². The zero-order valence-electron chi connectivity index (χ0n) is 11.7. The molecule has 1 aliphatic heterocycles. The number of para-hydroxylation sites is 1. The van der Waals surface area contributed by atoms with Crippen LogP contribution in [-0.4, -0.2) is 12.1 Å². The van der Waals surface area contributed by atoms with Gasteiger partial charge in [-0.15, -0.1) is 5.10 Å². The topological polar surface area (TPSA) is 89.4 Å². The van der Waals surface area contributed by atoms with E-state index in [4.69, 9.17) is 10.6 Å². The predicted molar refractivity (Wildman–Crippen MR) is 85.0 cm³/mol. The van der Waals surface area contributed by atoms with Gasteiger partial charge < -0.3 is 10.6 Å². The summed E-state index contributed by atoms with van der Waals surface area (Å²) in [5.74, 6) is -0.0312. The fourth-order valence-corrected chi connectivity index (χ4v) is 1.59. The first-order chi connectivity index (χ1) is 10.8. The normalized spacial score (nSPS) is 20.3. The minimum absolute atomic E-state index is 0.365. The van der Waals surface area contributed by atoms with E-state index in [1.54, 1.807) is 54.7 Å². The molecule has 0 fully saturated rings. The van der Waals surface area contributed by atoms with Crippen LogP contribution in [0.4, 0.5) is 0 Å². The second kappa shape index (κ2) is 8.11. The molecular formula is C16H14N4O2. The second-order valence-electron chi connectivity index (χ2n) is 4.15. The first-order valence-corrected chi connectivity index (χ1v) is 6.48. The van der Waals surface area contributed by atoms with Gasteiger partial charge in [0.2, 0.25) is 5.91 Å². The molecule has 110 valence electrons. The molecule has 0 saturated heterocycles. The molecule has 1 heterocycles. The monoisotopic (exact) mass is 294 g/mol. The van der Waals surface area contributed by atoms with Crippen LogP contribution in [0, 0.1) is 0 Å². The number of amides is 1. The zero-order chi connectivity index (χ0) is 15.6. The van der Waals surface area contributed by atoms with E-state index in [0.717, 1.165) is 5.56 Å². The number of fused-ring (bicyclic) bond motifs is 1. The number of carbonyl (C=O) groups excluding carboxylic acids is 1. The van der Waals surface area contributed by atoms with Gasteiger partial charge in [0.05, 0.1) is 11.5 Å². The van der Waals surface area contributed by atoms with Crippen molar-refractivity contribution in [2.75, 3.05) is 0 Å². The van der Waals surface area contributed by atoms with Crippen LogP contribution < -0.4 is 10.6 Å². The maximum atomic E-state index is 11.4. The predicted octanol–water partition coefficient (Wildman–Crippen LogP) is 2.97. The number of rotatable bonds is 1. The van der Waals surface area contributed by atoms with Gasteiger partial charge in [0.25, 0.3) is 0 Å². The lowest BCUT2D eigenvalue weighted by Crippen LogP contribution is -2.12. The maximum Gasteiger partial charge on any atom is 0.248 e. The fourth-order valence-electron chi connectivity index (χ4n) is 1.59. The van der Waals surface area contributed by atoms with E-state index >= 15 is 0 Å². The molecule has 0 atom stereocenters. The smallest absolute Gasteiger partial charge is 0.248 e. The molecular weight excluding hydrogens is 280 g/mol. The van der Waals surface area contributed by atoms with Crippen molar-refractivity contribution < 1.29 is 9.63 Å². The van der Waals surface area contributed by atoms with Crippen LogP contribution in [0.5, 0.6) is 5.75 Å². The van der Waals surface area contributed by atoms with Gasteiger partial charge >= 0.3 is 0 Å². The quantitative estimate of drug-likeness (QED) is 0.862. The van der Waals surface area contributed by atoms with Gasteiger partial charge in [-0.3, -0.25) is 4.79 Å². The summed E-state index contributed by atoms with van der Waals surface area (Å²) in [6, 6.07) is 7.19. The molecule has 2 rings (SSSR count). The molecule has 0 saturated carbocycles. The number of hydrogen-bond donors (Lipinski definition) is 1. The lowest BCUT2D eigenvalue weighted by molar-refractivity contribution is -0.114. The summed E-state index contributed by atoms with van der Waals surface area (Å²) in [7, 11) is 0. The standard InChI is InChI=1S/C16H14N4O2/c17-16(21)14-8-3-1-2-6-12-18-19-20-22-15-9-5-4-7-13(15)10-11-14/h1-12H,(H2,17,21)/b3-1-,6-2-,11-10?,14-8?,18-12+,20-19-. The van der Waals surface area contributed by atoms with Crippen molar-refractivity contribution in [3.05, 3.63) is 71.9 Å². The number of benzene rings is 1. The Morgan fingerprint density at radius 1 is 1.05 bits per heavy atom. The lowest BCUT2D eigenvalue weighted by Gasteiger charge is -2.01. The Kier molecular flexibility index (Phi) is 5.57. The van der Waals surface area contributed by atoms with E-state index in [-0.39, 0.29) is 0 Å². The van der Waals surface area contributed by atoms with Crippen LogP contribution in [0.15, 0.2) is 81.9 Å². The number of primary amides is 1. The Morgan fingerprint density at radius 2 is 1.86 bits per heavy atom. The van der Waals surface area contributed by atoms with E-state index in [9.17, 15) is 4.79 Å². The van der Waals surface area contributed by atoms with Crippen molar-refractivity contribution in [1.29, 1.82) is 0 Å². The molecule has 22 heavy (non-hydrogen) atoms. The third-order valence-electron chi connectivity index (χ3n) is 2.64. The van der Waals surface area contributed by atoms with Crippen LogP contribution in [0.25, 0.3) is 6.08 Å². The molecule has 0 aliphatic carbocycles. The fraction of sp³-hybridized carbons (Fsp3) is 0. The number of allylic oxidation sites excluding steroid dienone is 5. The summed E-state index contributed by atoms with van der Waals surface area (Å²) < 4.78 is 0. The Bertz CT molecular complexity index is 713. The van der Waals surface area contributed by atoms with Crippen LogP contribution in [0.2, 0.25) is 0 Å². The number of carbonyl (C=O) groups is 1. The summed E-state index contributed by atoms with van der Waals surface area (Å²) in [4.78, 5) is 16.6. The third-order valence-corrected chi connectivity index (χ3v) is 2.64. The first kappa shape index (κ1) is 15.1. The van der Waals surface area contributed by atoms with E-state index in [2.05, 4.69) is 15.6 Å². The summed E-state index contributed by atoms with van der Waals surface area (Å²) in [6.07, 6.45) is 13.3. The van der Waals surface area contributed by atoms with Crippen molar-refractivity contribution >= 4 is 18.2 Å². The van der Waals surface area contributed by atoms with Crippen LogP contribution >= 0.6 is 0 Å². The minimum atomic E-state index is -0.520. The molecule has 1 aromatic rings. The van der Waals surface area contributed by atoms with Gasteiger partial charge in [0, 0.05) is 11.1 Å². The maximum absolute atomic E-state index is 11.4. The molecule has 6 nitrogen and oxygen atoms in total. The molecule has 0 bridgehead atoms. The Balaban J connectivity index is 2.40. The molecule has 1 aromatic carbocycles. The van der Waals surface area contributed by atoms with Gasteiger partial charge in [0.15, 0.2) is 5.75 Å². The van der Waals surface area contributed by atoms with E-state index in [1.165, 1.54) is 6.21 Å². The average molecular weight is 294 g/mol. The van der Waals surface area contributed by atoms with Gasteiger partial charge in [-0.2, -0.15) is 0 Å². The van der Waals surface area contributed by atoms with Crippen molar-refractivity contribution in [2.24, 2.45) is 21.3 Å². The Hall–Kier alpha value is -3.28. The van der Waals surface area contributed by atoms with Gasteiger partial charge in [-0.05, 0) is 29.5 Å². The molecule has 1 amide bonds. The number of nitrogens with zero attached hydrogens (tertiary/aromatic N) is 3. The molecule has 0 spiro atoms. The molecule has 0 radical (unpaired) electrons. The Labute approximate surface area is 127 Å². The molecule has 2 N–H and O–H groups in total. The summed E-state index contributed by atoms with van der Waals surface area (Å²) in [6.45, 7) is 0. The summed E-state index contributed by atoms with van der Waals surface area (Å²) in [5, 5.41) is 10.7. The van der Waals surface area contributed by atoms with Gasteiger partial charge in [0.1, 0.15) is 0 Å². The Morgan fingerprint density at radius 3 is 2.73 bits per heavy atom. The second-order valence-corrected chi connectivity index (χ2v) is 4.15. The molecule has 6 heteroatoms. The van der Waals surface area contributed by atoms with E-state index in [1.807, 2.05) is 12.1 Å². The largest absolute Gasteiger partial charge is 0.366 e. The van der Waals surface area contributed by atoms with Crippen molar-refractivity contribution in [3.63, 3.8) is 0 Å². The number of hydrogen-bond acceptors (Lipinski definition) is 5. The highest BCUT2D eigenvalue weighted by atomic mass is 16.6. The highest BCUT2D eigenvalue weighted by molar-refractivity contribution is 5.96. The zero-order valence-corrected chi connectivity index (χ0v) is 11.7. The first-order valence-electron chi connectivity index (χ1n) is 6.48. The van der Waals surface area contributed by atoms with Crippen LogP contribution in [0.1, 0.15) is 5.56 Å². The minimum Gasteiger partial charge on any atom is -0.366 e. The van der Waals surface area contributed by atoms with E-state index < -0.39 is 5.91 Å². The van der Waals surface area contributed by atoms with Gasteiger partial charge in [-0.1, -0.05) is 42.5 Å². The highest BCUT2D eigenvalue weighted by Crippen LogP contribution is 2.20. The van der Waals surface area contributed by atoms with Crippen LogP contribution in [-0.2, 0) is 4.79 Å².